The second kappa shape index (κ2) is 8.14. The minimum Gasteiger partial charge on any atom is -0.478 e. The van der Waals surface area contributed by atoms with Crippen molar-refractivity contribution in [2.75, 3.05) is 13.6 Å². The van der Waals surface area contributed by atoms with Gasteiger partial charge in [-0.05, 0) is 5.56 Å². The van der Waals surface area contributed by atoms with Gasteiger partial charge in [-0.1, -0.05) is 37.3 Å². The van der Waals surface area contributed by atoms with Crippen LogP contribution < -0.4 is 5.32 Å². The van der Waals surface area contributed by atoms with Crippen molar-refractivity contribution in [1.29, 1.82) is 0 Å². The fourth-order valence-corrected chi connectivity index (χ4v) is 2.31. The Labute approximate surface area is 145 Å². The molecule has 1 aromatic heterocycles. The number of aromatic carboxylic acids is 1. The largest absolute Gasteiger partial charge is 0.478 e. The molecule has 25 heavy (non-hydrogen) atoms. The van der Waals surface area contributed by atoms with Crippen LogP contribution in [0.5, 0.6) is 0 Å². The van der Waals surface area contributed by atoms with Gasteiger partial charge in [-0.25, -0.2) is 4.79 Å². The quantitative estimate of drug-likeness (QED) is 0.799. The lowest BCUT2D eigenvalue weighted by Crippen LogP contribution is -2.37. The summed E-state index contributed by atoms with van der Waals surface area (Å²) in [4.78, 5) is 36.8. The minimum atomic E-state index is -1.15. The molecule has 0 atom stereocenters. The van der Waals surface area contributed by atoms with Crippen LogP contribution in [0.2, 0.25) is 0 Å². The smallest absolute Gasteiger partial charge is 0.339 e. The van der Waals surface area contributed by atoms with E-state index in [1.54, 1.807) is 14.0 Å². The Kier molecular flexibility index (Phi) is 5.94. The van der Waals surface area contributed by atoms with Crippen molar-refractivity contribution in [3.05, 3.63) is 59.0 Å². The second-order valence-electron chi connectivity index (χ2n) is 5.52. The van der Waals surface area contributed by atoms with Crippen molar-refractivity contribution in [2.24, 2.45) is 0 Å². The van der Waals surface area contributed by atoms with E-state index >= 15 is 0 Å². The molecule has 0 bridgehead atoms. The van der Waals surface area contributed by atoms with Crippen LogP contribution in [0.3, 0.4) is 0 Å². The van der Waals surface area contributed by atoms with E-state index in [2.05, 4.69) is 5.32 Å². The lowest BCUT2D eigenvalue weighted by Gasteiger charge is -2.17. The lowest BCUT2D eigenvalue weighted by molar-refractivity contribution is -0.129. The molecule has 0 radical (unpaired) electrons. The molecule has 1 aromatic carbocycles. The summed E-state index contributed by atoms with van der Waals surface area (Å²) in [6.45, 7) is 1.96. The van der Waals surface area contributed by atoms with E-state index in [-0.39, 0.29) is 29.5 Å². The first-order chi connectivity index (χ1) is 11.9. The van der Waals surface area contributed by atoms with Crippen molar-refractivity contribution in [2.45, 2.75) is 19.9 Å². The van der Waals surface area contributed by atoms with Crippen molar-refractivity contribution in [3.63, 3.8) is 0 Å². The summed E-state index contributed by atoms with van der Waals surface area (Å²) in [5.74, 6) is -1.93. The number of amides is 2. The first kappa shape index (κ1) is 18.3. The molecule has 7 nitrogen and oxygen atoms in total. The molecule has 132 valence electrons. The van der Waals surface area contributed by atoms with Crippen molar-refractivity contribution in [1.82, 2.24) is 10.2 Å². The molecule has 0 aliphatic rings. The number of carboxylic acid groups (broad SMARTS) is 1. The van der Waals surface area contributed by atoms with Gasteiger partial charge in [-0.2, -0.15) is 0 Å². The zero-order valence-corrected chi connectivity index (χ0v) is 14.1. The number of benzene rings is 1. The minimum absolute atomic E-state index is 0.0415. The Bertz CT molecular complexity index is 767. The Hall–Kier alpha value is -3.09. The topological polar surface area (TPSA) is 99.9 Å². The number of carboxylic acids is 1. The predicted molar refractivity (Wildman–Crippen MR) is 90.3 cm³/mol. The summed E-state index contributed by atoms with van der Waals surface area (Å²) < 4.78 is 5.26. The van der Waals surface area contributed by atoms with Crippen molar-refractivity contribution in [3.8, 4) is 0 Å². The molecule has 0 aliphatic heterocycles. The lowest BCUT2D eigenvalue weighted by atomic mass is 10.2. The van der Waals surface area contributed by atoms with Crippen LogP contribution in [-0.4, -0.2) is 41.4 Å². The first-order valence-electron chi connectivity index (χ1n) is 7.84. The van der Waals surface area contributed by atoms with Gasteiger partial charge in [-0.15, -0.1) is 0 Å². The summed E-state index contributed by atoms with van der Waals surface area (Å²) in [7, 11) is 1.64. The fourth-order valence-electron chi connectivity index (χ4n) is 2.31. The molecule has 0 spiro atoms. The summed E-state index contributed by atoms with van der Waals surface area (Å²) in [5, 5.41) is 11.5. The number of likely N-dealkylation sites (N-methyl/N-ethyl adjacent to an activating group) is 1. The molecule has 2 rings (SSSR count). The SMILES string of the molecule is CCc1oc(C(=O)NCC(=O)N(C)Cc2ccccc2)cc1C(=O)O. The van der Waals surface area contributed by atoms with Gasteiger partial charge in [0.05, 0.1) is 6.54 Å². The van der Waals surface area contributed by atoms with E-state index in [1.807, 2.05) is 30.3 Å². The van der Waals surface area contributed by atoms with Gasteiger partial charge >= 0.3 is 5.97 Å². The van der Waals surface area contributed by atoms with Crippen molar-refractivity contribution < 1.29 is 23.9 Å². The summed E-state index contributed by atoms with van der Waals surface area (Å²) >= 11 is 0. The summed E-state index contributed by atoms with van der Waals surface area (Å²) in [5.41, 5.74) is 0.939. The second-order valence-corrected chi connectivity index (χ2v) is 5.52. The summed E-state index contributed by atoms with van der Waals surface area (Å²) in [6, 6.07) is 10.7. The molecule has 7 heteroatoms. The Balaban J connectivity index is 1.93. The first-order valence-corrected chi connectivity index (χ1v) is 7.84. The van der Waals surface area contributed by atoms with Gasteiger partial charge in [0, 0.05) is 26.1 Å². The Morgan fingerprint density at radius 1 is 1.20 bits per heavy atom. The normalized spacial score (nSPS) is 10.3. The number of furan rings is 1. The maximum atomic E-state index is 12.1. The highest BCUT2D eigenvalue weighted by atomic mass is 16.4. The van der Waals surface area contributed by atoms with Gasteiger partial charge in [0.25, 0.3) is 5.91 Å². The molecule has 2 amide bonds. The number of hydrogen-bond acceptors (Lipinski definition) is 4. The van der Waals surface area contributed by atoms with E-state index in [0.29, 0.717) is 13.0 Å². The zero-order chi connectivity index (χ0) is 18.4. The van der Waals surface area contributed by atoms with Crippen LogP contribution in [0, 0.1) is 0 Å². The highest BCUT2D eigenvalue weighted by Gasteiger charge is 2.20. The van der Waals surface area contributed by atoms with Crippen LogP contribution >= 0.6 is 0 Å². The number of carbonyl (C=O) groups excluding carboxylic acids is 2. The van der Waals surface area contributed by atoms with Crippen LogP contribution in [-0.2, 0) is 17.8 Å². The van der Waals surface area contributed by atoms with Gasteiger partial charge in [0.15, 0.2) is 5.76 Å². The third kappa shape index (κ3) is 4.69. The van der Waals surface area contributed by atoms with Crippen LogP contribution in [0.1, 0.15) is 39.2 Å². The van der Waals surface area contributed by atoms with Gasteiger partial charge in [0.2, 0.25) is 5.91 Å². The maximum absolute atomic E-state index is 12.1. The predicted octanol–water partition coefficient (Wildman–Crippen LogP) is 1.93. The van der Waals surface area contributed by atoms with E-state index in [0.717, 1.165) is 5.56 Å². The van der Waals surface area contributed by atoms with Crippen LogP contribution in [0.25, 0.3) is 0 Å². The standard InChI is InChI=1S/C18H20N2O5/c1-3-14-13(18(23)24)9-15(25-14)17(22)19-10-16(21)20(2)11-12-7-5-4-6-8-12/h4-9H,3,10-11H2,1-2H3,(H,19,22)(H,23,24). The number of nitrogens with one attached hydrogen (secondary N) is 1. The number of nitrogens with zero attached hydrogens (tertiary/aromatic N) is 1. The molecule has 0 fully saturated rings. The van der Waals surface area contributed by atoms with Crippen LogP contribution in [0.15, 0.2) is 40.8 Å². The van der Waals surface area contributed by atoms with E-state index in [4.69, 9.17) is 9.52 Å². The highest BCUT2D eigenvalue weighted by molar-refractivity contribution is 5.97. The maximum Gasteiger partial charge on any atom is 0.339 e. The van der Waals surface area contributed by atoms with E-state index in [1.165, 1.54) is 11.0 Å². The number of rotatable bonds is 7. The molecule has 0 saturated heterocycles. The molecule has 2 aromatic rings. The van der Waals surface area contributed by atoms with E-state index < -0.39 is 11.9 Å². The average Bonchev–Trinajstić information content (AvgIpc) is 3.05. The molecule has 0 saturated carbocycles. The highest BCUT2D eigenvalue weighted by Crippen LogP contribution is 2.16. The average molecular weight is 344 g/mol. The molecule has 1 heterocycles. The number of carbonyl (C=O) groups is 3. The number of aryl methyl sites for hydroxylation is 1. The summed E-state index contributed by atoms with van der Waals surface area (Å²) in [6.07, 6.45) is 0.355. The number of hydrogen-bond donors (Lipinski definition) is 2. The zero-order valence-electron chi connectivity index (χ0n) is 14.1. The van der Waals surface area contributed by atoms with Gasteiger partial charge in [-0.3, -0.25) is 9.59 Å². The molecule has 2 N–H and O–H groups in total. The van der Waals surface area contributed by atoms with Gasteiger partial charge in [0.1, 0.15) is 11.3 Å². The molecular formula is C18H20N2O5. The molecule has 0 unspecified atom stereocenters. The third-order valence-electron chi connectivity index (χ3n) is 3.67. The fraction of sp³-hybridized carbons (Fsp3) is 0.278. The Morgan fingerprint density at radius 2 is 1.88 bits per heavy atom. The van der Waals surface area contributed by atoms with Crippen LogP contribution in [0.4, 0.5) is 0 Å². The van der Waals surface area contributed by atoms with Crippen molar-refractivity contribution >= 4 is 17.8 Å². The van der Waals surface area contributed by atoms with Gasteiger partial charge < -0.3 is 19.7 Å². The molecular weight excluding hydrogens is 324 g/mol. The Morgan fingerprint density at radius 3 is 2.44 bits per heavy atom. The van der Waals surface area contributed by atoms with E-state index in [9.17, 15) is 14.4 Å². The monoisotopic (exact) mass is 344 g/mol. The third-order valence-corrected chi connectivity index (χ3v) is 3.67. The molecule has 0 aliphatic carbocycles.